The molecule has 0 bridgehead atoms. The molecule has 1 aromatic heterocycles. The van der Waals surface area contributed by atoms with Crippen molar-refractivity contribution in [3.8, 4) is 22.6 Å². The maximum absolute atomic E-state index is 13.3. The summed E-state index contributed by atoms with van der Waals surface area (Å²) >= 11 is 0. The maximum Gasteiger partial charge on any atom is 0.231 e. The second-order valence-electron chi connectivity index (χ2n) is 10.7. The molecule has 7 rings (SSSR count). The highest BCUT2D eigenvalue weighted by Gasteiger charge is 2.35. The van der Waals surface area contributed by atoms with Gasteiger partial charge in [0, 0.05) is 37.0 Å². The van der Waals surface area contributed by atoms with E-state index in [1.807, 2.05) is 84.9 Å². The van der Waals surface area contributed by atoms with Crippen LogP contribution >= 0.6 is 0 Å². The largest absolute Gasteiger partial charge is 0.454 e. The topological polar surface area (TPSA) is 93.5 Å². The third-order valence-electron chi connectivity index (χ3n) is 8.05. The molecule has 0 saturated carbocycles. The summed E-state index contributed by atoms with van der Waals surface area (Å²) in [6.45, 7) is 1.10. The first-order chi connectivity index (χ1) is 20.5. The third kappa shape index (κ3) is 5.33. The van der Waals surface area contributed by atoms with Crippen molar-refractivity contribution in [2.45, 2.75) is 24.6 Å². The summed E-state index contributed by atoms with van der Waals surface area (Å²) < 4.78 is 39.4. The van der Waals surface area contributed by atoms with Crippen LogP contribution in [0, 0.1) is 5.92 Å². The lowest BCUT2D eigenvalue weighted by Crippen LogP contribution is -2.40. The van der Waals surface area contributed by atoms with Gasteiger partial charge in [-0.05, 0) is 59.4 Å². The Hall–Kier alpha value is -4.34. The molecule has 3 aliphatic rings. The van der Waals surface area contributed by atoms with Crippen LogP contribution in [0.15, 0.2) is 107 Å². The Kier molecular flexibility index (Phi) is 7.05. The van der Waals surface area contributed by atoms with E-state index in [4.69, 9.17) is 19.5 Å². The van der Waals surface area contributed by atoms with E-state index in [0.717, 1.165) is 45.1 Å². The van der Waals surface area contributed by atoms with Crippen molar-refractivity contribution in [3.05, 3.63) is 114 Å². The first-order valence-electron chi connectivity index (χ1n) is 14.1. The van der Waals surface area contributed by atoms with E-state index in [1.54, 1.807) is 16.7 Å². The number of piperidine rings is 1. The molecule has 8 nitrogen and oxygen atoms in total. The third-order valence-corrected chi connectivity index (χ3v) is 9.90. The zero-order valence-corrected chi connectivity index (χ0v) is 23.8. The number of ether oxygens (including phenoxy) is 2. The van der Waals surface area contributed by atoms with Crippen molar-refractivity contribution in [1.29, 1.82) is 0 Å². The standard InChI is InChI=1S/C33H30N4O4S/c38-42(39,21-23-8-10-25(11-9-23)24-5-2-1-3-6-24)37-17-14-26(15-18-37)33-35-31(32(36-33)28-7-4-16-34-20-28)27-12-13-29-30(19-27)41-22-40-29/h1-13,16,19-20,26,31H,14-15,17-18,21-22H2. The molecule has 3 aliphatic heterocycles. The monoisotopic (exact) mass is 578 g/mol. The van der Waals surface area contributed by atoms with Gasteiger partial charge in [0.2, 0.25) is 16.8 Å². The minimum Gasteiger partial charge on any atom is -0.454 e. The minimum atomic E-state index is -3.45. The van der Waals surface area contributed by atoms with Gasteiger partial charge >= 0.3 is 0 Å². The van der Waals surface area contributed by atoms with Crippen molar-refractivity contribution in [3.63, 3.8) is 0 Å². The number of fused-ring (bicyclic) bond motifs is 1. The first kappa shape index (κ1) is 26.6. The summed E-state index contributed by atoms with van der Waals surface area (Å²) in [7, 11) is -3.45. The highest BCUT2D eigenvalue weighted by molar-refractivity contribution is 7.88. The number of pyridine rings is 1. The van der Waals surface area contributed by atoms with Gasteiger partial charge in [-0.2, -0.15) is 0 Å². The van der Waals surface area contributed by atoms with E-state index in [1.165, 1.54) is 0 Å². The molecule has 42 heavy (non-hydrogen) atoms. The maximum atomic E-state index is 13.3. The van der Waals surface area contributed by atoms with Crippen LogP contribution in [0.25, 0.3) is 11.1 Å². The van der Waals surface area contributed by atoms with Crippen LogP contribution in [-0.2, 0) is 15.8 Å². The van der Waals surface area contributed by atoms with E-state index in [2.05, 4.69) is 4.98 Å². The van der Waals surface area contributed by atoms with Crippen LogP contribution in [0.1, 0.15) is 35.6 Å². The lowest BCUT2D eigenvalue weighted by Gasteiger charge is -2.30. The van der Waals surface area contributed by atoms with Crippen molar-refractivity contribution in [1.82, 2.24) is 9.29 Å². The van der Waals surface area contributed by atoms with Crippen LogP contribution in [0.2, 0.25) is 0 Å². The molecule has 1 saturated heterocycles. The molecule has 212 valence electrons. The molecule has 0 N–H and O–H groups in total. The summed E-state index contributed by atoms with van der Waals surface area (Å²) in [4.78, 5) is 14.4. The summed E-state index contributed by atoms with van der Waals surface area (Å²) in [5.74, 6) is 2.26. The smallest absolute Gasteiger partial charge is 0.231 e. The van der Waals surface area contributed by atoms with Crippen molar-refractivity contribution in [2.24, 2.45) is 15.9 Å². The molecule has 0 amide bonds. The van der Waals surface area contributed by atoms with Crippen LogP contribution in [0.4, 0.5) is 0 Å². The number of benzene rings is 3. The van der Waals surface area contributed by atoms with Gasteiger partial charge in [-0.3, -0.25) is 9.98 Å². The average molecular weight is 579 g/mol. The van der Waals surface area contributed by atoms with Crippen molar-refractivity contribution < 1.29 is 17.9 Å². The van der Waals surface area contributed by atoms with E-state index >= 15 is 0 Å². The Balaban J connectivity index is 1.05. The predicted molar refractivity (Wildman–Crippen MR) is 162 cm³/mol. The van der Waals surface area contributed by atoms with Gasteiger partial charge in [-0.25, -0.2) is 17.7 Å². The van der Waals surface area contributed by atoms with Gasteiger partial charge < -0.3 is 9.47 Å². The highest BCUT2D eigenvalue weighted by atomic mass is 32.2. The number of hydrogen-bond acceptors (Lipinski definition) is 7. The molecule has 4 heterocycles. The van der Waals surface area contributed by atoms with Crippen molar-refractivity contribution >= 4 is 21.6 Å². The molecule has 0 spiro atoms. The van der Waals surface area contributed by atoms with Gasteiger partial charge in [-0.15, -0.1) is 0 Å². The number of amidine groups is 1. The summed E-state index contributed by atoms with van der Waals surface area (Å²) in [5, 5.41) is 0. The number of aromatic nitrogens is 1. The summed E-state index contributed by atoms with van der Waals surface area (Å²) in [5.41, 5.74) is 5.69. The van der Waals surface area contributed by atoms with Gasteiger partial charge in [0.05, 0.1) is 11.5 Å². The van der Waals surface area contributed by atoms with Gasteiger partial charge in [0.1, 0.15) is 11.9 Å². The second kappa shape index (κ2) is 11.2. The van der Waals surface area contributed by atoms with Crippen LogP contribution in [-0.4, -0.2) is 49.1 Å². The number of rotatable bonds is 7. The normalized spacial score (nSPS) is 19.0. The fourth-order valence-electron chi connectivity index (χ4n) is 5.77. The molecule has 0 radical (unpaired) electrons. The van der Waals surface area contributed by atoms with Crippen molar-refractivity contribution in [2.75, 3.05) is 19.9 Å². The van der Waals surface area contributed by atoms with E-state index in [9.17, 15) is 8.42 Å². The van der Waals surface area contributed by atoms with Crippen LogP contribution in [0.5, 0.6) is 11.5 Å². The Morgan fingerprint density at radius 1 is 0.810 bits per heavy atom. The zero-order chi connectivity index (χ0) is 28.5. The molecule has 4 aromatic rings. The fraction of sp³-hybridized carbons (Fsp3) is 0.242. The number of aliphatic imine (C=N–C) groups is 2. The lowest BCUT2D eigenvalue weighted by molar-refractivity contribution is 0.174. The van der Waals surface area contributed by atoms with Gasteiger partial charge in [0.25, 0.3) is 0 Å². The molecular formula is C33H30N4O4S. The van der Waals surface area contributed by atoms with E-state index in [0.29, 0.717) is 31.7 Å². The van der Waals surface area contributed by atoms with Crippen LogP contribution in [0.3, 0.4) is 0 Å². The molecule has 0 aliphatic carbocycles. The van der Waals surface area contributed by atoms with E-state index in [-0.39, 0.29) is 24.5 Å². The fourth-order valence-corrected chi connectivity index (χ4v) is 7.34. The van der Waals surface area contributed by atoms with Crippen LogP contribution < -0.4 is 9.47 Å². The van der Waals surface area contributed by atoms with Gasteiger partial charge in [0.15, 0.2) is 11.5 Å². The minimum absolute atomic E-state index is 0.0107. The highest BCUT2D eigenvalue weighted by Crippen LogP contribution is 2.38. The quantitative estimate of drug-likeness (QED) is 0.282. The molecule has 1 unspecified atom stereocenters. The Morgan fingerprint density at radius 2 is 1.55 bits per heavy atom. The summed E-state index contributed by atoms with van der Waals surface area (Å²) in [6, 6.07) is 27.3. The summed E-state index contributed by atoms with van der Waals surface area (Å²) in [6.07, 6.45) is 4.88. The van der Waals surface area contributed by atoms with Gasteiger partial charge in [-0.1, -0.05) is 60.7 Å². The molecule has 1 fully saturated rings. The molecule has 3 aromatic carbocycles. The molecular weight excluding hydrogens is 548 g/mol. The lowest BCUT2D eigenvalue weighted by atomic mass is 9.97. The second-order valence-corrected chi connectivity index (χ2v) is 12.7. The van der Waals surface area contributed by atoms with E-state index < -0.39 is 10.0 Å². The predicted octanol–water partition coefficient (Wildman–Crippen LogP) is 5.66. The number of nitrogens with zero attached hydrogens (tertiary/aromatic N) is 4. The Morgan fingerprint density at radius 3 is 2.31 bits per heavy atom. The molecule has 1 atom stereocenters. The SMILES string of the molecule is O=S(=O)(Cc1ccc(-c2ccccc2)cc1)N1CCC(C2=NC(c3ccc4c(c3)OCO4)C(c3cccnc3)=N2)CC1. The Labute approximate surface area is 245 Å². The first-order valence-corrected chi connectivity index (χ1v) is 15.7. The molecule has 9 heteroatoms. The Bertz CT molecular complexity index is 1750. The number of hydrogen-bond donors (Lipinski definition) is 0. The zero-order valence-electron chi connectivity index (χ0n) is 23.0. The average Bonchev–Trinajstić information content (AvgIpc) is 3.70. The number of sulfonamides is 1.